The number of nitrogens with one attached hydrogen (secondary N) is 2. The van der Waals surface area contributed by atoms with Crippen molar-refractivity contribution in [3.05, 3.63) is 59.7 Å². The monoisotopic (exact) mass is 425 g/mol. The fourth-order valence-electron chi connectivity index (χ4n) is 3.08. The van der Waals surface area contributed by atoms with Gasteiger partial charge in [0.25, 0.3) is 11.8 Å². The largest absolute Gasteiger partial charge is 0.491 e. The van der Waals surface area contributed by atoms with Gasteiger partial charge in [-0.1, -0.05) is 44.0 Å². The van der Waals surface area contributed by atoms with Crippen LogP contribution in [0.4, 0.5) is 5.69 Å². The van der Waals surface area contributed by atoms with Gasteiger partial charge in [0.1, 0.15) is 12.3 Å². The molecular weight excluding hydrogens is 402 g/mol. The summed E-state index contributed by atoms with van der Waals surface area (Å²) < 4.78 is 5.78. The van der Waals surface area contributed by atoms with E-state index in [0.29, 0.717) is 29.2 Å². The summed E-state index contributed by atoms with van der Waals surface area (Å²) in [4.78, 5) is 38.0. The van der Waals surface area contributed by atoms with Gasteiger partial charge in [0.15, 0.2) is 5.11 Å². The van der Waals surface area contributed by atoms with Gasteiger partial charge in [0, 0.05) is 0 Å². The van der Waals surface area contributed by atoms with E-state index in [1.54, 1.807) is 30.3 Å². The first-order chi connectivity index (χ1) is 14.5. The molecule has 1 aliphatic rings. The maximum Gasteiger partial charge on any atom is 0.262 e. The average Bonchev–Trinajstić information content (AvgIpc) is 2.97. The van der Waals surface area contributed by atoms with Crippen LogP contribution in [-0.2, 0) is 4.79 Å². The topological polar surface area (TPSA) is 87.7 Å². The first-order valence-electron chi connectivity index (χ1n) is 9.79. The van der Waals surface area contributed by atoms with Crippen molar-refractivity contribution in [2.45, 2.75) is 26.2 Å². The van der Waals surface area contributed by atoms with E-state index in [2.05, 4.69) is 17.6 Å². The van der Waals surface area contributed by atoms with Crippen molar-refractivity contribution in [3.8, 4) is 5.75 Å². The van der Waals surface area contributed by atoms with E-state index < -0.39 is 24.3 Å². The van der Waals surface area contributed by atoms with Gasteiger partial charge in [-0.2, -0.15) is 0 Å². The van der Waals surface area contributed by atoms with Gasteiger partial charge in [0.2, 0.25) is 5.91 Å². The molecule has 0 aromatic heterocycles. The molecule has 156 valence electrons. The van der Waals surface area contributed by atoms with Crippen molar-refractivity contribution in [1.82, 2.24) is 10.2 Å². The number of hydrogen-bond acceptors (Lipinski definition) is 5. The van der Waals surface area contributed by atoms with Crippen LogP contribution in [0.25, 0.3) is 0 Å². The lowest BCUT2D eigenvalue weighted by atomic mass is 10.1. The number of carbonyl (C=O) groups excluding carboxylic acids is 3. The predicted molar refractivity (Wildman–Crippen MR) is 118 cm³/mol. The Balaban J connectivity index is 1.55. The number of ether oxygens (including phenoxy) is 1. The van der Waals surface area contributed by atoms with E-state index in [-0.39, 0.29) is 5.11 Å². The number of unbranched alkanes of at least 4 members (excludes halogenated alkanes) is 2. The number of nitrogens with zero attached hydrogens (tertiary/aromatic N) is 1. The number of thiocarbonyl (C=S) groups is 1. The van der Waals surface area contributed by atoms with E-state index in [9.17, 15) is 14.4 Å². The second-order valence-corrected chi connectivity index (χ2v) is 7.20. The van der Waals surface area contributed by atoms with Crippen LogP contribution in [0.2, 0.25) is 0 Å². The van der Waals surface area contributed by atoms with E-state index in [4.69, 9.17) is 17.0 Å². The molecule has 2 N–H and O–H groups in total. The van der Waals surface area contributed by atoms with Crippen LogP contribution in [0, 0.1) is 0 Å². The standard InChI is InChI=1S/C22H23N3O4S/c1-2-3-8-13-29-18-12-7-6-11-17(18)23-22(30)24-19(26)14-25-20(27)15-9-4-5-10-16(15)21(25)28/h4-7,9-12H,2-3,8,13-14H2,1H3,(H2,23,24,26,30). The third-order valence-electron chi connectivity index (χ3n) is 4.57. The minimum absolute atomic E-state index is 0.0567. The fraction of sp³-hybridized carbons (Fsp3) is 0.273. The summed E-state index contributed by atoms with van der Waals surface area (Å²) in [5.41, 5.74) is 1.22. The highest BCUT2D eigenvalue weighted by atomic mass is 32.1. The zero-order chi connectivity index (χ0) is 21.5. The maximum absolute atomic E-state index is 12.4. The zero-order valence-corrected chi connectivity index (χ0v) is 17.5. The average molecular weight is 426 g/mol. The molecule has 30 heavy (non-hydrogen) atoms. The predicted octanol–water partition coefficient (Wildman–Crippen LogP) is 3.36. The third kappa shape index (κ3) is 5.01. The second kappa shape index (κ2) is 9.98. The molecule has 3 rings (SSSR count). The summed E-state index contributed by atoms with van der Waals surface area (Å²) in [6, 6.07) is 13.8. The number of fused-ring (bicyclic) bond motifs is 1. The summed E-state index contributed by atoms with van der Waals surface area (Å²) in [5.74, 6) is -0.917. The fourth-order valence-corrected chi connectivity index (χ4v) is 3.30. The first-order valence-corrected chi connectivity index (χ1v) is 10.2. The van der Waals surface area contributed by atoms with Gasteiger partial charge in [0.05, 0.1) is 23.4 Å². The van der Waals surface area contributed by atoms with Gasteiger partial charge in [-0.25, -0.2) is 0 Å². The van der Waals surface area contributed by atoms with Crippen molar-refractivity contribution in [2.75, 3.05) is 18.5 Å². The number of anilines is 1. The highest BCUT2D eigenvalue weighted by Gasteiger charge is 2.36. The van der Waals surface area contributed by atoms with Crippen molar-refractivity contribution in [1.29, 1.82) is 0 Å². The lowest BCUT2D eigenvalue weighted by Crippen LogP contribution is -2.43. The Morgan fingerprint density at radius 3 is 2.30 bits per heavy atom. The van der Waals surface area contributed by atoms with Gasteiger partial charge < -0.3 is 15.4 Å². The first kappa shape index (κ1) is 21.4. The van der Waals surface area contributed by atoms with Gasteiger partial charge >= 0.3 is 0 Å². The van der Waals surface area contributed by atoms with Crippen molar-refractivity contribution in [3.63, 3.8) is 0 Å². The molecule has 8 heteroatoms. The lowest BCUT2D eigenvalue weighted by Gasteiger charge is -2.16. The van der Waals surface area contributed by atoms with Crippen LogP contribution in [0.3, 0.4) is 0 Å². The van der Waals surface area contributed by atoms with Crippen LogP contribution >= 0.6 is 12.2 Å². The van der Waals surface area contributed by atoms with Crippen LogP contribution in [-0.4, -0.2) is 40.9 Å². The van der Waals surface area contributed by atoms with Gasteiger partial charge in [-0.05, 0) is 42.9 Å². The van der Waals surface area contributed by atoms with Gasteiger partial charge in [-0.3, -0.25) is 19.3 Å². The zero-order valence-electron chi connectivity index (χ0n) is 16.6. The molecule has 0 atom stereocenters. The summed E-state index contributed by atoms with van der Waals surface area (Å²) in [7, 11) is 0. The Morgan fingerprint density at radius 2 is 1.63 bits per heavy atom. The quantitative estimate of drug-likeness (QED) is 0.383. The van der Waals surface area contributed by atoms with Crippen molar-refractivity contribution < 1.29 is 19.1 Å². The maximum atomic E-state index is 12.4. The van der Waals surface area contributed by atoms with E-state index in [1.807, 2.05) is 18.2 Å². The molecule has 0 saturated carbocycles. The van der Waals surface area contributed by atoms with Crippen LogP contribution < -0.4 is 15.4 Å². The number of imide groups is 1. The number of amides is 3. The number of para-hydroxylation sites is 2. The molecule has 1 aliphatic heterocycles. The van der Waals surface area contributed by atoms with Crippen LogP contribution in [0.5, 0.6) is 5.75 Å². The van der Waals surface area contributed by atoms with Crippen molar-refractivity contribution >= 4 is 40.7 Å². The highest BCUT2D eigenvalue weighted by molar-refractivity contribution is 7.80. The van der Waals surface area contributed by atoms with Gasteiger partial charge in [-0.15, -0.1) is 0 Å². The molecule has 0 bridgehead atoms. The molecule has 0 unspecified atom stereocenters. The van der Waals surface area contributed by atoms with E-state index >= 15 is 0 Å². The Labute approximate surface area is 180 Å². The number of hydrogen-bond donors (Lipinski definition) is 2. The highest BCUT2D eigenvalue weighted by Crippen LogP contribution is 2.24. The van der Waals surface area contributed by atoms with E-state index in [0.717, 1.165) is 24.2 Å². The summed E-state index contributed by atoms with van der Waals surface area (Å²) in [5, 5.41) is 5.50. The molecule has 0 saturated heterocycles. The molecule has 0 aliphatic carbocycles. The molecule has 1 heterocycles. The molecular formula is C22H23N3O4S. The Morgan fingerprint density at radius 1 is 1.00 bits per heavy atom. The minimum atomic E-state index is -0.566. The number of carbonyl (C=O) groups is 3. The molecule has 0 spiro atoms. The normalized spacial score (nSPS) is 12.5. The minimum Gasteiger partial charge on any atom is -0.491 e. The van der Waals surface area contributed by atoms with Crippen LogP contribution in [0.1, 0.15) is 46.9 Å². The molecule has 3 amide bonds. The lowest BCUT2D eigenvalue weighted by molar-refractivity contribution is -0.120. The Kier molecular flexibility index (Phi) is 7.13. The molecule has 0 fully saturated rings. The summed E-state index contributed by atoms with van der Waals surface area (Å²) in [6.45, 7) is 2.30. The SMILES string of the molecule is CCCCCOc1ccccc1NC(=S)NC(=O)CN1C(=O)c2ccccc2C1=O. The summed E-state index contributed by atoms with van der Waals surface area (Å²) in [6.07, 6.45) is 3.14. The van der Waals surface area contributed by atoms with E-state index in [1.165, 1.54) is 0 Å². The number of benzene rings is 2. The third-order valence-corrected chi connectivity index (χ3v) is 4.78. The molecule has 2 aromatic rings. The van der Waals surface area contributed by atoms with Crippen LogP contribution in [0.15, 0.2) is 48.5 Å². The smallest absolute Gasteiger partial charge is 0.262 e. The second-order valence-electron chi connectivity index (χ2n) is 6.80. The molecule has 0 radical (unpaired) electrons. The number of rotatable bonds is 8. The Hall–Kier alpha value is -3.26. The van der Waals surface area contributed by atoms with Crippen molar-refractivity contribution in [2.24, 2.45) is 0 Å². The molecule has 7 nitrogen and oxygen atoms in total. The summed E-state index contributed by atoms with van der Waals surface area (Å²) >= 11 is 5.21. The molecule has 2 aromatic carbocycles. The Bertz CT molecular complexity index is 941.